The minimum absolute atomic E-state index is 0.0879. The van der Waals surface area contributed by atoms with E-state index >= 15 is 0 Å². The van der Waals surface area contributed by atoms with Gasteiger partial charge < -0.3 is 19.6 Å². The van der Waals surface area contributed by atoms with Gasteiger partial charge in [-0.3, -0.25) is 14.6 Å². The van der Waals surface area contributed by atoms with Crippen molar-refractivity contribution in [2.75, 3.05) is 63.8 Å². The average Bonchev–Trinajstić information content (AvgIpc) is 3.68. The molecule has 2 amide bonds. The van der Waals surface area contributed by atoms with Gasteiger partial charge in [0.2, 0.25) is 5.91 Å². The number of aromatic nitrogens is 1. The Morgan fingerprint density at radius 1 is 1.00 bits per heavy atom. The third-order valence-electron chi connectivity index (χ3n) is 6.97. The Morgan fingerprint density at radius 2 is 1.69 bits per heavy atom. The summed E-state index contributed by atoms with van der Waals surface area (Å²) >= 11 is 0. The topological polar surface area (TPSA) is 60.0 Å². The molecule has 0 unspecified atom stereocenters. The van der Waals surface area contributed by atoms with E-state index in [-0.39, 0.29) is 23.5 Å². The molecule has 5 rings (SSSR count). The van der Waals surface area contributed by atoms with Crippen LogP contribution in [0.15, 0.2) is 24.4 Å². The van der Waals surface area contributed by atoms with Crippen molar-refractivity contribution in [3.63, 3.8) is 0 Å². The summed E-state index contributed by atoms with van der Waals surface area (Å²) in [6, 6.07) is 4.57. The zero-order valence-corrected chi connectivity index (χ0v) is 18.6. The zero-order valence-electron chi connectivity index (χ0n) is 18.6. The van der Waals surface area contributed by atoms with E-state index in [0.717, 1.165) is 51.3 Å². The van der Waals surface area contributed by atoms with Crippen LogP contribution >= 0.6 is 0 Å². The third-order valence-corrected chi connectivity index (χ3v) is 6.97. The van der Waals surface area contributed by atoms with Crippen molar-refractivity contribution in [1.29, 1.82) is 0 Å². The molecule has 3 fully saturated rings. The van der Waals surface area contributed by atoms with Gasteiger partial charge in [-0.05, 0) is 37.6 Å². The van der Waals surface area contributed by atoms with E-state index < -0.39 is 0 Å². The van der Waals surface area contributed by atoms with Crippen LogP contribution in [0.3, 0.4) is 0 Å². The van der Waals surface area contributed by atoms with E-state index in [2.05, 4.69) is 21.7 Å². The summed E-state index contributed by atoms with van der Waals surface area (Å²) in [5, 5.41) is 0.684. The lowest BCUT2D eigenvalue weighted by atomic mass is 10.1. The summed E-state index contributed by atoms with van der Waals surface area (Å²) in [4.78, 5) is 38.7. The SMILES string of the molecule is CCN1CCN(c2c(C(=O)N3CCN(C(=O)C4CC4)CC3)cnc3ccc(F)cc23)CC1. The summed E-state index contributed by atoms with van der Waals surface area (Å²) in [5.41, 5.74) is 2.00. The van der Waals surface area contributed by atoms with Gasteiger partial charge in [0.05, 0.1) is 16.8 Å². The predicted octanol–water partition coefficient (Wildman–Crippen LogP) is 2.21. The first-order valence-corrected chi connectivity index (χ1v) is 11.7. The molecular weight excluding hydrogens is 409 g/mol. The van der Waals surface area contributed by atoms with Crippen molar-refractivity contribution in [2.24, 2.45) is 5.92 Å². The highest BCUT2D eigenvalue weighted by molar-refractivity contribution is 6.07. The lowest BCUT2D eigenvalue weighted by Gasteiger charge is -2.38. The molecule has 1 aliphatic carbocycles. The number of hydrogen-bond donors (Lipinski definition) is 0. The first kappa shape index (κ1) is 21.1. The van der Waals surface area contributed by atoms with Gasteiger partial charge in [-0.25, -0.2) is 4.39 Å². The van der Waals surface area contributed by atoms with Crippen molar-refractivity contribution >= 4 is 28.4 Å². The molecule has 2 saturated heterocycles. The molecule has 8 heteroatoms. The fraction of sp³-hybridized carbons (Fsp3) is 0.542. The number of hydrogen-bond acceptors (Lipinski definition) is 5. The summed E-state index contributed by atoms with van der Waals surface area (Å²) < 4.78 is 14.2. The van der Waals surface area contributed by atoms with Gasteiger partial charge in [-0.1, -0.05) is 6.92 Å². The van der Waals surface area contributed by atoms with Gasteiger partial charge in [-0.2, -0.15) is 0 Å². The third kappa shape index (κ3) is 4.03. The summed E-state index contributed by atoms with van der Waals surface area (Å²) in [6.45, 7) is 8.70. The van der Waals surface area contributed by atoms with E-state index in [1.165, 1.54) is 12.1 Å². The number of benzene rings is 1. The molecular formula is C24H30FN5O2. The highest BCUT2D eigenvalue weighted by Crippen LogP contribution is 2.33. The summed E-state index contributed by atoms with van der Waals surface area (Å²) in [7, 11) is 0. The maximum Gasteiger partial charge on any atom is 0.257 e. The number of halogens is 1. The molecule has 1 aromatic heterocycles. The van der Waals surface area contributed by atoms with Crippen LogP contribution in [0.5, 0.6) is 0 Å². The second-order valence-corrected chi connectivity index (χ2v) is 9.00. The number of anilines is 1. The Morgan fingerprint density at radius 3 is 2.34 bits per heavy atom. The number of amides is 2. The number of nitrogens with zero attached hydrogens (tertiary/aromatic N) is 5. The number of pyridine rings is 1. The molecule has 0 atom stereocenters. The number of rotatable bonds is 4. The number of carbonyl (C=O) groups is 2. The normalized spacial score (nSPS) is 20.1. The molecule has 0 spiro atoms. The van der Waals surface area contributed by atoms with Crippen molar-refractivity contribution in [3.05, 3.63) is 35.8 Å². The Labute approximate surface area is 187 Å². The molecule has 2 aliphatic heterocycles. The van der Waals surface area contributed by atoms with Crippen molar-refractivity contribution < 1.29 is 14.0 Å². The van der Waals surface area contributed by atoms with Gasteiger partial charge in [0, 0.05) is 69.9 Å². The first-order chi connectivity index (χ1) is 15.5. The number of carbonyl (C=O) groups excluding carboxylic acids is 2. The van der Waals surface area contributed by atoms with Gasteiger partial charge in [-0.15, -0.1) is 0 Å². The monoisotopic (exact) mass is 439 g/mol. The van der Waals surface area contributed by atoms with Gasteiger partial charge in [0.15, 0.2) is 0 Å². The Kier molecular flexibility index (Phi) is 5.71. The molecule has 7 nitrogen and oxygen atoms in total. The van der Waals surface area contributed by atoms with Crippen LogP contribution in [0.2, 0.25) is 0 Å². The van der Waals surface area contributed by atoms with Gasteiger partial charge in [0.25, 0.3) is 5.91 Å². The van der Waals surface area contributed by atoms with Crippen LogP contribution in [0.1, 0.15) is 30.1 Å². The largest absolute Gasteiger partial charge is 0.368 e. The molecule has 3 heterocycles. The predicted molar refractivity (Wildman–Crippen MR) is 121 cm³/mol. The molecule has 1 saturated carbocycles. The van der Waals surface area contributed by atoms with Crippen molar-refractivity contribution in [1.82, 2.24) is 19.7 Å². The molecule has 0 N–H and O–H groups in total. The Hall–Kier alpha value is -2.74. The van der Waals surface area contributed by atoms with E-state index in [1.54, 1.807) is 12.3 Å². The van der Waals surface area contributed by atoms with Crippen LogP contribution in [-0.2, 0) is 4.79 Å². The molecule has 0 bridgehead atoms. The fourth-order valence-electron chi connectivity index (χ4n) is 4.82. The second-order valence-electron chi connectivity index (χ2n) is 9.00. The molecule has 3 aliphatic rings. The second kappa shape index (κ2) is 8.65. The molecule has 0 radical (unpaired) electrons. The Bertz CT molecular complexity index is 1020. The molecule has 170 valence electrons. The maximum atomic E-state index is 14.2. The van der Waals surface area contributed by atoms with Gasteiger partial charge in [0.1, 0.15) is 5.82 Å². The van der Waals surface area contributed by atoms with Crippen LogP contribution in [-0.4, -0.2) is 90.4 Å². The lowest BCUT2D eigenvalue weighted by molar-refractivity contribution is -0.134. The van der Waals surface area contributed by atoms with Crippen LogP contribution in [0.25, 0.3) is 10.9 Å². The van der Waals surface area contributed by atoms with Crippen molar-refractivity contribution in [3.8, 4) is 0 Å². The fourth-order valence-corrected chi connectivity index (χ4v) is 4.82. The smallest absolute Gasteiger partial charge is 0.257 e. The minimum atomic E-state index is -0.329. The highest BCUT2D eigenvalue weighted by atomic mass is 19.1. The molecule has 32 heavy (non-hydrogen) atoms. The first-order valence-electron chi connectivity index (χ1n) is 11.7. The van der Waals surface area contributed by atoms with Gasteiger partial charge >= 0.3 is 0 Å². The molecule has 1 aromatic carbocycles. The van der Waals surface area contributed by atoms with Crippen LogP contribution in [0.4, 0.5) is 10.1 Å². The lowest BCUT2D eigenvalue weighted by Crippen LogP contribution is -2.51. The summed E-state index contributed by atoms with van der Waals surface area (Å²) in [6.07, 6.45) is 3.63. The maximum absolute atomic E-state index is 14.2. The average molecular weight is 440 g/mol. The highest BCUT2D eigenvalue weighted by Gasteiger charge is 2.36. The molecule has 2 aromatic rings. The van der Waals surface area contributed by atoms with E-state index in [1.807, 2.05) is 9.80 Å². The van der Waals surface area contributed by atoms with E-state index in [0.29, 0.717) is 42.6 Å². The minimum Gasteiger partial charge on any atom is -0.368 e. The Balaban J connectivity index is 1.42. The van der Waals surface area contributed by atoms with E-state index in [9.17, 15) is 14.0 Å². The number of piperazine rings is 2. The van der Waals surface area contributed by atoms with E-state index in [4.69, 9.17) is 0 Å². The standard InChI is InChI=1S/C24H30FN5O2/c1-2-27-7-9-28(10-8-27)22-19-15-18(25)5-6-21(19)26-16-20(22)24(32)30-13-11-29(12-14-30)23(31)17-3-4-17/h5-6,15-17H,2-4,7-14H2,1H3. The van der Waals surface area contributed by atoms with Crippen LogP contribution in [0, 0.1) is 11.7 Å². The number of fused-ring (bicyclic) bond motifs is 1. The number of likely N-dealkylation sites (N-methyl/N-ethyl adjacent to an activating group) is 1. The summed E-state index contributed by atoms with van der Waals surface area (Å²) in [5.74, 6) is 0.0132. The zero-order chi connectivity index (χ0) is 22.2. The van der Waals surface area contributed by atoms with Crippen molar-refractivity contribution in [2.45, 2.75) is 19.8 Å². The van der Waals surface area contributed by atoms with Crippen LogP contribution < -0.4 is 4.90 Å². The quantitative estimate of drug-likeness (QED) is 0.731.